The number of carbonyl (C=O) groups excluding carboxylic acids is 1. The molecule has 0 radical (unpaired) electrons. The Bertz CT molecular complexity index is 654. The molecule has 3 rings (SSSR count). The molecule has 0 fully saturated rings. The van der Waals surface area contributed by atoms with Crippen LogP contribution in [0.2, 0.25) is 0 Å². The van der Waals surface area contributed by atoms with E-state index in [0.29, 0.717) is 6.42 Å². The molecule has 1 unspecified atom stereocenters. The SMILES string of the molecule is O=C1CCc2cc(C(Cl)c3ccc(I)cc3)ccc2N1. The second kappa shape index (κ2) is 5.74. The first-order valence-electron chi connectivity index (χ1n) is 6.46. The minimum Gasteiger partial charge on any atom is -0.326 e. The summed E-state index contributed by atoms with van der Waals surface area (Å²) in [5.41, 5.74) is 4.24. The minimum atomic E-state index is -0.157. The highest BCUT2D eigenvalue weighted by Crippen LogP contribution is 2.33. The van der Waals surface area contributed by atoms with Crippen molar-refractivity contribution in [1.82, 2.24) is 0 Å². The fraction of sp³-hybridized carbons (Fsp3) is 0.188. The number of amides is 1. The molecule has 0 spiro atoms. The zero-order valence-electron chi connectivity index (χ0n) is 10.7. The Morgan fingerprint density at radius 2 is 1.75 bits per heavy atom. The summed E-state index contributed by atoms with van der Waals surface area (Å²) in [6, 6.07) is 14.3. The van der Waals surface area contributed by atoms with Crippen molar-refractivity contribution in [3.8, 4) is 0 Å². The summed E-state index contributed by atoms with van der Waals surface area (Å²) in [6.45, 7) is 0. The molecule has 0 bridgehead atoms. The summed E-state index contributed by atoms with van der Waals surface area (Å²) < 4.78 is 1.20. The molecule has 1 aliphatic rings. The predicted octanol–water partition coefficient (Wildman–Crippen LogP) is 4.50. The van der Waals surface area contributed by atoms with Gasteiger partial charge in [-0.1, -0.05) is 24.3 Å². The van der Waals surface area contributed by atoms with Crippen molar-refractivity contribution < 1.29 is 4.79 Å². The number of carbonyl (C=O) groups is 1. The van der Waals surface area contributed by atoms with Gasteiger partial charge in [0.05, 0.1) is 5.38 Å². The van der Waals surface area contributed by atoms with Crippen molar-refractivity contribution in [3.63, 3.8) is 0 Å². The van der Waals surface area contributed by atoms with Crippen LogP contribution in [0.25, 0.3) is 0 Å². The molecule has 1 N–H and O–H groups in total. The van der Waals surface area contributed by atoms with Crippen molar-refractivity contribution in [3.05, 3.63) is 62.7 Å². The Morgan fingerprint density at radius 3 is 2.50 bits per heavy atom. The quantitative estimate of drug-likeness (QED) is 0.586. The van der Waals surface area contributed by atoms with Gasteiger partial charge in [-0.3, -0.25) is 4.79 Å². The van der Waals surface area contributed by atoms with E-state index in [0.717, 1.165) is 23.2 Å². The zero-order chi connectivity index (χ0) is 14.1. The van der Waals surface area contributed by atoms with Crippen LogP contribution < -0.4 is 5.32 Å². The molecule has 1 amide bonds. The summed E-state index contributed by atoms with van der Waals surface area (Å²) in [5.74, 6) is 0.0882. The van der Waals surface area contributed by atoms with E-state index in [4.69, 9.17) is 11.6 Å². The normalized spacial score (nSPS) is 15.4. The lowest BCUT2D eigenvalue weighted by Gasteiger charge is -2.19. The van der Waals surface area contributed by atoms with E-state index < -0.39 is 0 Å². The first-order valence-corrected chi connectivity index (χ1v) is 7.97. The second-order valence-corrected chi connectivity index (χ2v) is 6.56. The second-order valence-electron chi connectivity index (χ2n) is 4.88. The lowest BCUT2D eigenvalue weighted by Crippen LogP contribution is -2.19. The maximum Gasteiger partial charge on any atom is 0.224 e. The van der Waals surface area contributed by atoms with Gasteiger partial charge in [0, 0.05) is 15.7 Å². The zero-order valence-corrected chi connectivity index (χ0v) is 13.6. The van der Waals surface area contributed by atoms with E-state index in [1.54, 1.807) is 0 Å². The average Bonchev–Trinajstić information content (AvgIpc) is 2.47. The molecule has 0 saturated heterocycles. The van der Waals surface area contributed by atoms with Gasteiger partial charge in [0.25, 0.3) is 0 Å². The van der Waals surface area contributed by atoms with Crippen molar-refractivity contribution >= 4 is 45.8 Å². The molecule has 1 heterocycles. The molecule has 0 aliphatic carbocycles. The summed E-state index contributed by atoms with van der Waals surface area (Å²) in [6.07, 6.45) is 1.33. The highest BCUT2D eigenvalue weighted by Gasteiger charge is 2.17. The van der Waals surface area contributed by atoms with Gasteiger partial charge < -0.3 is 5.32 Å². The molecule has 2 aromatic carbocycles. The van der Waals surface area contributed by atoms with Crippen molar-refractivity contribution in [2.45, 2.75) is 18.2 Å². The van der Waals surface area contributed by atoms with Crippen LogP contribution in [0.15, 0.2) is 42.5 Å². The third-order valence-electron chi connectivity index (χ3n) is 3.48. The molecule has 4 heteroatoms. The third-order valence-corrected chi connectivity index (χ3v) is 4.70. The molecule has 102 valence electrons. The van der Waals surface area contributed by atoms with Crippen molar-refractivity contribution in [1.29, 1.82) is 0 Å². The summed E-state index contributed by atoms with van der Waals surface area (Å²) in [5, 5.41) is 2.73. The smallest absolute Gasteiger partial charge is 0.224 e. The molecule has 1 atom stereocenters. The lowest BCUT2D eigenvalue weighted by molar-refractivity contribution is -0.116. The molecule has 1 aliphatic heterocycles. The molecule has 2 aromatic rings. The van der Waals surface area contributed by atoms with Crippen LogP contribution >= 0.6 is 34.2 Å². The first-order chi connectivity index (χ1) is 9.63. The van der Waals surface area contributed by atoms with Crippen LogP contribution in [0.1, 0.15) is 28.5 Å². The van der Waals surface area contributed by atoms with E-state index in [2.05, 4.69) is 58.2 Å². The van der Waals surface area contributed by atoms with E-state index in [-0.39, 0.29) is 11.3 Å². The predicted molar refractivity (Wildman–Crippen MR) is 90.2 cm³/mol. The molecule has 0 aromatic heterocycles. The van der Waals surface area contributed by atoms with Crippen LogP contribution in [0.5, 0.6) is 0 Å². The van der Waals surface area contributed by atoms with Gasteiger partial charge in [0.1, 0.15) is 0 Å². The molecule has 20 heavy (non-hydrogen) atoms. The number of halogens is 2. The number of alkyl halides is 1. The Balaban J connectivity index is 1.90. The Hall–Kier alpha value is -1.07. The fourth-order valence-electron chi connectivity index (χ4n) is 2.39. The van der Waals surface area contributed by atoms with Crippen molar-refractivity contribution in [2.75, 3.05) is 5.32 Å². The maximum atomic E-state index is 11.4. The Morgan fingerprint density at radius 1 is 1.05 bits per heavy atom. The summed E-state index contributed by atoms with van der Waals surface area (Å²) in [7, 11) is 0. The fourth-order valence-corrected chi connectivity index (χ4v) is 3.03. The van der Waals surface area contributed by atoms with E-state index in [1.807, 2.05) is 12.1 Å². The van der Waals surface area contributed by atoms with Gasteiger partial charge in [-0.15, -0.1) is 11.6 Å². The highest BCUT2D eigenvalue weighted by atomic mass is 127. The Kier molecular flexibility index (Phi) is 3.98. The van der Waals surface area contributed by atoms with Crippen molar-refractivity contribution in [2.24, 2.45) is 0 Å². The van der Waals surface area contributed by atoms with Gasteiger partial charge in [0.2, 0.25) is 5.91 Å². The van der Waals surface area contributed by atoms with Gasteiger partial charge >= 0.3 is 0 Å². The monoisotopic (exact) mass is 397 g/mol. The van der Waals surface area contributed by atoms with Gasteiger partial charge in [-0.05, 0) is 63.9 Å². The first kappa shape index (κ1) is 13.9. The number of nitrogens with one attached hydrogen (secondary N) is 1. The van der Waals surface area contributed by atoms with Crippen LogP contribution in [-0.4, -0.2) is 5.91 Å². The Labute approximate surface area is 136 Å². The van der Waals surface area contributed by atoms with Crippen LogP contribution in [0.4, 0.5) is 5.69 Å². The molecule has 2 nitrogen and oxygen atoms in total. The molecular weight excluding hydrogens is 385 g/mol. The van der Waals surface area contributed by atoms with Crippen LogP contribution in [0.3, 0.4) is 0 Å². The number of benzene rings is 2. The number of hydrogen-bond donors (Lipinski definition) is 1. The van der Waals surface area contributed by atoms with Crippen LogP contribution in [0, 0.1) is 3.57 Å². The van der Waals surface area contributed by atoms with E-state index in [9.17, 15) is 4.79 Å². The average molecular weight is 398 g/mol. The standard InChI is InChI=1S/C16H13ClINO/c17-16(10-1-5-13(18)6-2-10)12-3-7-14-11(9-12)4-8-15(20)19-14/h1-3,5-7,9,16H,4,8H2,(H,19,20). The number of anilines is 1. The number of rotatable bonds is 2. The minimum absolute atomic E-state index is 0.0882. The summed E-state index contributed by atoms with van der Waals surface area (Å²) >= 11 is 8.85. The maximum absolute atomic E-state index is 11.4. The largest absolute Gasteiger partial charge is 0.326 e. The number of hydrogen-bond acceptors (Lipinski definition) is 1. The van der Waals surface area contributed by atoms with Gasteiger partial charge in [0.15, 0.2) is 0 Å². The summed E-state index contributed by atoms with van der Waals surface area (Å²) in [4.78, 5) is 11.4. The van der Waals surface area contributed by atoms with E-state index in [1.165, 1.54) is 9.13 Å². The highest BCUT2D eigenvalue weighted by molar-refractivity contribution is 14.1. The van der Waals surface area contributed by atoms with Gasteiger partial charge in [-0.2, -0.15) is 0 Å². The third kappa shape index (κ3) is 2.83. The van der Waals surface area contributed by atoms with E-state index >= 15 is 0 Å². The lowest BCUT2D eigenvalue weighted by atomic mass is 9.97. The molecular formula is C16H13ClINO. The molecule has 0 saturated carbocycles. The number of fused-ring (bicyclic) bond motifs is 1. The van der Waals surface area contributed by atoms with Crippen LogP contribution in [-0.2, 0) is 11.2 Å². The van der Waals surface area contributed by atoms with Gasteiger partial charge in [-0.25, -0.2) is 0 Å². The topological polar surface area (TPSA) is 29.1 Å². The number of aryl methyl sites for hydroxylation is 1.